The maximum Gasteiger partial charge on any atom is 0.296 e. The van der Waals surface area contributed by atoms with Gasteiger partial charge in [0.2, 0.25) is 5.78 Å². The smallest absolute Gasteiger partial charge is 0.296 e. The van der Waals surface area contributed by atoms with Gasteiger partial charge in [0.05, 0.1) is 51.0 Å². The van der Waals surface area contributed by atoms with Gasteiger partial charge < -0.3 is 14.6 Å². The van der Waals surface area contributed by atoms with Gasteiger partial charge in [-0.15, -0.1) is 11.3 Å². The van der Waals surface area contributed by atoms with E-state index in [4.69, 9.17) is 9.47 Å². The lowest BCUT2D eigenvalue weighted by molar-refractivity contribution is -0.117. The molecule has 1 unspecified atom stereocenters. The number of nitrogens with zero attached hydrogens (tertiary/aromatic N) is 3. The Balaban J connectivity index is 1.93. The predicted octanol–water partition coefficient (Wildman–Crippen LogP) is 5.31. The van der Waals surface area contributed by atoms with Crippen LogP contribution in [0.3, 0.4) is 0 Å². The molecule has 0 fully saturated rings. The van der Waals surface area contributed by atoms with Crippen LogP contribution in [0, 0.1) is 20.8 Å². The van der Waals surface area contributed by atoms with Crippen LogP contribution in [0.4, 0.5) is 5.13 Å². The number of aliphatic hydroxyl groups excluding tert-OH is 1. The highest BCUT2D eigenvalue weighted by Crippen LogP contribution is 2.46. The fourth-order valence-electron chi connectivity index (χ4n) is 4.26. The number of carbonyl (C=O) groups is 3. The van der Waals surface area contributed by atoms with Gasteiger partial charge in [0, 0.05) is 6.92 Å². The number of aliphatic hydroxyl groups is 1. The molecule has 0 saturated heterocycles. The van der Waals surface area contributed by atoms with Crippen molar-refractivity contribution in [3.63, 3.8) is 0 Å². The van der Waals surface area contributed by atoms with Gasteiger partial charge >= 0.3 is 0 Å². The van der Waals surface area contributed by atoms with Crippen LogP contribution < -0.4 is 14.4 Å². The molecule has 2 aromatic heterocycles. The highest BCUT2D eigenvalue weighted by Gasteiger charge is 2.47. The number of benzene rings is 1. The van der Waals surface area contributed by atoms with Crippen molar-refractivity contribution < 1.29 is 29.0 Å². The minimum Gasteiger partial charge on any atom is -0.503 e. The third-order valence-electron chi connectivity index (χ3n) is 5.76. The first kappa shape index (κ1) is 26.5. The lowest BCUT2D eigenvalue weighted by atomic mass is 9.95. The zero-order chi connectivity index (χ0) is 27.0. The Morgan fingerprint density at radius 1 is 1.00 bits per heavy atom. The van der Waals surface area contributed by atoms with Gasteiger partial charge in [0.15, 0.2) is 28.2 Å². The molecule has 1 N–H and O–H groups in total. The van der Waals surface area contributed by atoms with Crippen molar-refractivity contribution in [2.45, 2.75) is 47.6 Å². The number of anilines is 1. The molecule has 0 radical (unpaired) electrons. The quantitative estimate of drug-likeness (QED) is 0.362. The van der Waals surface area contributed by atoms with Crippen molar-refractivity contribution >= 4 is 45.3 Å². The molecular formula is C26H27N3O6S2. The first-order valence-electron chi connectivity index (χ1n) is 11.7. The summed E-state index contributed by atoms with van der Waals surface area (Å²) in [6.45, 7) is 11.1. The zero-order valence-corrected chi connectivity index (χ0v) is 23.0. The third-order valence-corrected chi connectivity index (χ3v) is 8.09. The van der Waals surface area contributed by atoms with Crippen LogP contribution in [-0.2, 0) is 4.79 Å². The predicted molar refractivity (Wildman–Crippen MR) is 141 cm³/mol. The second-order valence-corrected chi connectivity index (χ2v) is 10.5. The van der Waals surface area contributed by atoms with Gasteiger partial charge in [-0.3, -0.25) is 19.3 Å². The molecule has 1 atom stereocenters. The van der Waals surface area contributed by atoms with Crippen LogP contribution in [-0.4, -0.2) is 45.8 Å². The molecule has 11 heteroatoms. The van der Waals surface area contributed by atoms with Crippen LogP contribution in [0.2, 0.25) is 0 Å². The first-order valence-corrected chi connectivity index (χ1v) is 13.4. The van der Waals surface area contributed by atoms with E-state index >= 15 is 0 Å². The van der Waals surface area contributed by atoms with Crippen molar-refractivity contribution in [1.29, 1.82) is 0 Å². The number of ketones is 2. The summed E-state index contributed by atoms with van der Waals surface area (Å²) in [6, 6.07) is 4.12. The van der Waals surface area contributed by atoms with Crippen molar-refractivity contribution in [2.24, 2.45) is 0 Å². The highest BCUT2D eigenvalue weighted by molar-refractivity contribution is 7.17. The van der Waals surface area contributed by atoms with Crippen molar-refractivity contribution in [3.05, 3.63) is 61.2 Å². The summed E-state index contributed by atoms with van der Waals surface area (Å²) in [7, 11) is 0. The third kappa shape index (κ3) is 4.76. The molecule has 1 aliphatic rings. The number of hydrogen-bond donors (Lipinski definition) is 1. The fraction of sp³-hybridized carbons (Fsp3) is 0.346. The molecule has 9 nitrogen and oxygen atoms in total. The molecule has 0 aliphatic carbocycles. The van der Waals surface area contributed by atoms with Gasteiger partial charge in [-0.1, -0.05) is 17.4 Å². The number of thiazole rings is 2. The molecule has 0 saturated carbocycles. The molecule has 3 aromatic rings. The van der Waals surface area contributed by atoms with Gasteiger partial charge in [-0.25, -0.2) is 9.97 Å². The van der Waals surface area contributed by atoms with Crippen LogP contribution in [0.15, 0.2) is 29.5 Å². The molecule has 1 aromatic carbocycles. The number of amides is 1. The van der Waals surface area contributed by atoms with Gasteiger partial charge in [-0.2, -0.15) is 0 Å². The molecule has 1 aliphatic heterocycles. The molecule has 1 amide bonds. The van der Waals surface area contributed by atoms with Crippen molar-refractivity contribution in [3.8, 4) is 11.5 Å². The maximum atomic E-state index is 13.8. The second kappa shape index (κ2) is 10.4. The number of hydrogen-bond acceptors (Lipinski definition) is 10. The lowest BCUT2D eigenvalue weighted by Crippen LogP contribution is -2.31. The van der Waals surface area contributed by atoms with E-state index in [0.717, 1.165) is 11.3 Å². The average Bonchev–Trinajstić information content (AvgIpc) is 3.47. The van der Waals surface area contributed by atoms with E-state index in [0.29, 0.717) is 56.4 Å². The molecular weight excluding hydrogens is 514 g/mol. The van der Waals surface area contributed by atoms with Gasteiger partial charge in [-0.05, 0) is 52.3 Å². The number of rotatable bonds is 9. The lowest BCUT2D eigenvalue weighted by Gasteiger charge is -2.25. The Kier molecular flexibility index (Phi) is 7.47. The van der Waals surface area contributed by atoms with E-state index in [1.165, 1.54) is 23.2 Å². The topological polar surface area (TPSA) is 119 Å². The minimum absolute atomic E-state index is 0.0828. The monoisotopic (exact) mass is 541 g/mol. The molecule has 0 bridgehead atoms. The Morgan fingerprint density at radius 3 is 2.22 bits per heavy atom. The van der Waals surface area contributed by atoms with E-state index in [2.05, 4.69) is 9.97 Å². The Bertz CT molecular complexity index is 1440. The van der Waals surface area contributed by atoms with E-state index < -0.39 is 23.5 Å². The van der Waals surface area contributed by atoms with Crippen LogP contribution in [0.5, 0.6) is 11.5 Å². The molecule has 194 valence electrons. The second-order valence-electron chi connectivity index (χ2n) is 8.36. The summed E-state index contributed by atoms with van der Waals surface area (Å²) in [5.41, 5.74) is 1.42. The normalized spacial score (nSPS) is 15.5. The minimum atomic E-state index is -1.01. The zero-order valence-electron chi connectivity index (χ0n) is 21.4. The van der Waals surface area contributed by atoms with Gasteiger partial charge in [0.25, 0.3) is 5.91 Å². The van der Waals surface area contributed by atoms with E-state index in [9.17, 15) is 19.5 Å². The summed E-state index contributed by atoms with van der Waals surface area (Å²) < 4.78 is 11.5. The average molecular weight is 542 g/mol. The van der Waals surface area contributed by atoms with E-state index in [1.54, 1.807) is 39.0 Å². The van der Waals surface area contributed by atoms with E-state index in [-0.39, 0.29) is 16.5 Å². The highest BCUT2D eigenvalue weighted by atomic mass is 32.1. The number of ether oxygens (including phenoxy) is 2. The number of aryl methyl sites for hydroxylation is 3. The summed E-state index contributed by atoms with van der Waals surface area (Å²) in [4.78, 5) is 50.2. The SMILES string of the molecule is CCOc1ccc(C2C(C(=O)c3sc(C)nc3C)=C(O)C(=O)N2c2nc(C)c(C(C)=O)s2)cc1OCC. The maximum absolute atomic E-state index is 13.8. The standard InChI is InChI=1S/C26H27N3O6S2/c1-7-34-17-10-9-16(11-18(17)35-8-2)20-19(21(31)24-13(4)27-15(6)36-24)22(32)25(33)29(20)26-28-12(3)23(37-26)14(5)30/h9-11,20,32H,7-8H2,1-6H3. The molecule has 37 heavy (non-hydrogen) atoms. The van der Waals surface area contributed by atoms with Gasteiger partial charge in [0.1, 0.15) is 0 Å². The number of Topliss-reactive ketones (excluding diaryl/α,β-unsaturated/α-hetero) is 2. The van der Waals surface area contributed by atoms with Crippen LogP contribution in [0.1, 0.15) is 68.1 Å². The summed E-state index contributed by atoms with van der Waals surface area (Å²) >= 11 is 2.24. The first-order chi connectivity index (χ1) is 17.6. The molecule has 0 spiro atoms. The Morgan fingerprint density at radius 2 is 1.65 bits per heavy atom. The number of carbonyl (C=O) groups excluding carboxylic acids is 3. The number of aromatic nitrogens is 2. The fourth-order valence-corrected chi connectivity index (χ4v) is 6.13. The largest absolute Gasteiger partial charge is 0.503 e. The Hall–Kier alpha value is -3.57. The van der Waals surface area contributed by atoms with Crippen LogP contribution >= 0.6 is 22.7 Å². The molecule has 4 rings (SSSR count). The van der Waals surface area contributed by atoms with Crippen molar-refractivity contribution in [1.82, 2.24) is 9.97 Å². The summed E-state index contributed by atoms with van der Waals surface area (Å²) in [6.07, 6.45) is 0. The van der Waals surface area contributed by atoms with Crippen molar-refractivity contribution in [2.75, 3.05) is 18.1 Å². The molecule has 3 heterocycles. The van der Waals surface area contributed by atoms with Crippen LogP contribution in [0.25, 0.3) is 0 Å². The van der Waals surface area contributed by atoms with E-state index in [1.807, 2.05) is 13.8 Å². The summed E-state index contributed by atoms with van der Waals surface area (Å²) in [5, 5.41) is 12.0. The Labute approximate surface area is 222 Å². The summed E-state index contributed by atoms with van der Waals surface area (Å²) in [5.74, 6) is -1.16.